The SMILES string of the molecule is Nc1nc(=O)n(C2CCC(COP3OCc4ccccc4O3)O2)cc1Cl. The number of rotatable bonds is 4. The Balaban J connectivity index is 1.33. The Hall–Kier alpha value is -1.70. The number of halogens is 1. The van der Waals surface area contributed by atoms with E-state index >= 15 is 0 Å². The van der Waals surface area contributed by atoms with Crippen molar-refractivity contribution in [1.29, 1.82) is 0 Å². The molecule has 0 saturated carbocycles. The zero-order valence-electron chi connectivity index (χ0n) is 13.7. The molecule has 138 valence electrons. The maximum Gasteiger partial charge on any atom is 0.397 e. The molecule has 0 bridgehead atoms. The molecule has 2 aliphatic heterocycles. The van der Waals surface area contributed by atoms with E-state index < -0.39 is 20.5 Å². The summed E-state index contributed by atoms with van der Waals surface area (Å²) in [6, 6.07) is 7.69. The minimum Gasteiger partial charge on any atom is -0.426 e. The number of nitrogen functional groups attached to an aromatic ring is 1. The molecule has 1 fully saturated rings. The molecule has 0 spiro atoms. The van der Waals surface area contributed by atoms with Crippen molar-refractivity contribution in [3.63, 3.8) is 0 Å². The van der Waals surface area contributed by atoms with Gasteiger partial charge in [-0.3, -0.25) is 13.6 Å². The van der Waals surface area contributed by atoms with Crippen molar-refractivity contribution in [3.8, 4) is 5.75 Å². The van der Waals surface area contributed by atoms with Gasteiger partial charge in [0.1, 0.15) is 17.8 Å². The monoisotopic (exact) mass is 397 g/mol. The Morgan fingerprint density at radius 1 is 1.38 bits per heavy atom. The number of nitrogens with two attached hydrogens (primary N) is 1. The van der Waals surface area contributed by atoms with Crippen LogP contribution >= 0.6 is 20.2 Å². The molecular weight excluding hydrogens is 381 g/mol. The molecule has 8 nitrogen and oxygen atoms in total. The number of aromatic nitrogens is 2. The van der Waals surface area contributed by atoms with Crippen LogP contribution in [0, 0.1) is 0 Å². The number of hydrogen-bond donors (Lipinski definition) is 1. The van der Waals surface area contributed by atoms with Crippen LogP contribution in [0.25, 0.3) is 0 Å². The highest BCUT2D eigenvalue weighted by Gasteiger charge is 2.30. The van der Waals surface area contributed by atoms with E-state index in [4.69, 9.17) is 35.6 Å². The van der Waals surface area contributed by atoms with Crippen LogP contribution in [0.5, 0.6) is 5.75 Å². The molecule has 1 saturated heterocycles. The van der Waals surface area contributed by atoms with Crippen LogP contribution < -0.4 is 15.9 Å². The third-order valence-electron chi connectivity index (χ3n) is 4.17. The summed E-state index contributed by atoms with van der Waals surface area (Å²) >= 11 is 5.95. The van der Waals surface area contributed by atoms with E-state index in [0.717, 1.165) is 17.7 Å². The van der Waals surface area contributed by atoms with Crippen molar-refractivity contribution in [1.82, 2.24) is 9.55 Å². The summed E-state index contributed by atoms with van der Waals surface area (Å²) < 4.78 is 24.3. The van der Waals surface area contributed by atoms with Gasteiger partial charge in [0.2, 0.25) is 0 Å². The quantitative estimate of drug-likeness (QED) is 0.792. The van der Waals surface area contributed by atoms with Gasteiger partial charge in [-0.15, -0.1) is 0 Å². The van der Waals surface area contributed by atoms with Gasteiger partial charge in [0.05, 0.1) is 24.3 Å². The zero-order valence-corrected chi connectivity index (χ0v) is 15.4. The standard InChI is InChI=1S/C16H17ClN3O5P/c17-12-7-20(16(21)19-15(12)18)14-6-5-11(24-14)9-23-26-22-8-10-3-1-2-4-13(10)25-26/h1-4,7,11,14H,5-6,8-9H2,(H2,18,19,21). The van der Waals surface area contributed by atoms with E-state index in [0.29, 0.717) is 19.6 Å². The molecule has 1 aromatic heterocycles. The lowest BCUT2D eigenvalue weighted by Crippen LogP contribution is -2.28. The number of ether oxygens (including phenoxy) is 1. The summed E-state index contributed by atoms with van der Waals surface area (Å²) in [7, 11) is -1.46. The molecule has 0 radical (unpaired) electrons. The fourth-order valence-electron chi connectivity index (χ4n) is 2.83. The largest absolute Gasteiger partial charge is 0.426 e. The summed E-state index contributed by atoms with van der Waals surface area (Å²) in [4.78, 5) is 15.7. The number of nitrogens with zero attached hydrogens (tertiary/aromatic N) is 2. The van der Waals surface area contributed by atoms with E-state index in [2.05, 4.69) is 4.98 Å². The second-order valence-corrected chi connectivity index (χ2v) is 7.50. The summed E-state index contributed by atoms with van der Waals surface area (Å²) in [5.74, 6) is 0.796. The zero-order chi connectivity index (χ0) is 18.1. The van der Waals surface area contributed by atoms with Crippen LogP contribution in [0.1, 0.15) is 24.6 Å². The van der Waals surface area contributed by atoms with Crippen LogP contribution in [0.4, 0.5) is 5.82 Å². The molecule has 3 heterocycles. The number of fused-ring (bicyclic) bond motifs is 1. The fourth-order valence-corrected chi connectivity index (χ4v) is 4.03. The third-order valence-corrected chi connectivity index (χ3v) is 5.50. The van der Waals surface area contributed by atoms with Crippen LogP contribution in [0.15, 0.2) is 35.3 Å². The Morgan fingerprint density at radius 2 is 2.23 bits per heavy atom. The first-order valence-corrected chi connectivity index (χ1v) is 9.59. The summed E-state index contributed by atoms with van der Waals surface area (Å²) in [6.07, 6.45) is 2.23. The lowest BCUT2D eigenvalue weighted by molar-refractivity contribution is -0.0228. The first kappa shape index (κ1) is 17.7. The number of benzene rings is 1. The van der Waals surface area contributed by atoms with Gasteiger partial charge < -0.3 is 15.0 Å². The maximum atomic E-state index is 12.0. The minimum atomic E-state index is -1.46. The minimum absolute atomic E-state index is 0.0143. The molecule has 1 aromatic carbocycles. The molecule has 26 heavy (non-hydrogen) atoms. The Labute approximate surface area is 155 Å². The fraction of sp³-hybridized carbons (Fsp3) is 0.375. The van der Waals surface area contributed by atoms with Gasteiger partial charge in [0.15, 0.2) is 0 Å². The maximum absolute atomic E-state index is 12.0. The van der Waals surface area contributed by atoms with Gasteiger partial charge in [-0.05, 0) is 18.9 Å². The molecule has 2 aromatic rings. The van der Waals surface area contributed by atoms with E-state index in [1.165, 1.54) is 10.8 Å². The smallest absolute Gasteiger partial charge is 0.397 e. The van der Waals surface area contributed by atoms with E-state index in [1.54, 1.807) is 0 Å². The number of hydrogen-bond acceptors (Lipinski definition) is 7. The van der Waals surface area contributed by atoms with Gasteiger partial charge in [-0.1, -0.05) is 29.8 Å². The molecular formula is C16H17ClN3O5P. The highest BCUT2D eigenvalue weighted by atomic mass is 35.5. The van der Waals surface area contributed by atoms with Crippen molar-refractivity contribution in [2.45, 2.75) is 31.8 Å². The normalized spacial score (nSPS) is 24.9. The van der Waals surface area contributed by atoms with Gasteiger partial charge >= 0.3 is 14.3 Å². The third kappa shape index (κ3) is 3.70. The Bertz CT molecular complexity index is 864. The lowest BCUT2D eigenvalue weighted by atomic mass is 10.2. The molecule has 2 N–H and O–H groups in total. The molecule has 3 atom stereocenters. The van der Waals surface area contributed by atoms with Crippen LogP contribution in [0.3, 0.4) is 0 Å². The molecule has 4 rings (SSSR count). The second kappa shape index (κ2) is 7.50. The molecule has 10 heteroatoms. The van der Waals surface area contributed by atoms with Gasteiger partial charge in [-0.2, -0.15) is 4.98 Å². The highest BCUT2D eigenvalue weighted by molar-refractivity contribution is 7.42. The summed E-state index contributed by atoms with van der Waals surface area (Å²) in [5.41, 5.74) is 6.05. The van der Waals surface area contributed by atoms with Gasteiger partial charge in [0.25, 0.3) is 0 Å². The van der Waals surface area contributed by atoms with Crippen LogP contribution in [0.2, 0.25) is 5.02 Å². The topological polar surface area (TPSA) is 97.8 Å². The van der Waals surface area contributed by atoms with Crippen molar-refractivity contribution in [2.24, 2.45) is 0 Å². The highest BCUT2D eigenvalue weighted by Crippen LogP contribution is 2.47. The summed E-state index contributed by atoms with van der Waals surface area (Å²) in [5, 5.41) is 0.221. The van der Waals surface area contributed by atoms with Crippen molar-refractivity contribution >= 4 is 26.0 Å². The predicted molar refractivity (Wildman–Crippen MR) is 95.8 cm³/mol. The number of para-hydroxylation sites is 1. The molecule has 2 aliphatic rings. The number of anilines is 1. The van der Waals surface area contributed by atoms with Crippen LogP contribution in [-0.4, -0.2) is 22.3 Å². The van der Waals surface area contributed by atoms with Gasteiger partial charge in [0, 0.05) is 11.8 Å². The summed E-state index contributed by atoms with van der Waals surface area (Å²) in [6.45, 7) is 0.774. The first-order valence-electron chi connectivity index (χ1n) is 8.11. The van der Waals surface area contributed by atoms with E-state index in [1.807, 2.05) is 24.3 Å². The van der Waals surface area contributed by atoms with Crippen molar-refractivity contribution in [2.75, 3.05) is 12.3 Å². The first-order chi connectivity index (χ1) is 12.6. The van der Waals surface area contributed by atoms with Crippen molar-refractivity contribution in [3.05, 3.63) is 51.5 Å². The lowest BCUT2D eigenvalue weighted by Gasteiger charge is -2.24. The Morgan fingerprint density at radius 3 is 3.12 bits per heavy atom. The second-order valence-electron chi connectivity index (χ2n) is 5.95. The van der Waals surface area contributed by atoms with E-state index in [-0.39, 0.29) is 16.9 Å². The molecule has 0 amide bonds. The molecule has 0 aliphatic carbocycles. The van der Waals surface area contributed by atoms with E-state index in [9.17, 15) is 4.79 Å². The predicted octanol–water partition coefficient (Wildman–Crippen LogP) is 3.01. The van der Waals surface area contributed by atoms with Gasteiger partial charge in [-0.25, -0.2) is 4.79 Å². The average molecular weight is 398 g/mol. The van der Waals surface area contributed by atoms with Crippen LogP contribution in [-0.2, 0) is 20.4 Å². The molecule has 3 unspecified atom stereocenters. The Kier molecular flexibility index (Phi) is 5.11. The average Bonchev–Trinajstić information content (AvgIpc) is 3.11. The van der Waals surface area contributed by atoms with Crippen molar-refractivity contribution < 1.29 is 18.3 Å².